The van der Waals surface area contributed by atoms with Crippen LogP contribution >= 0.6 is 0 Å². The van der Waals surface area contributed by atoms with Crippen molar-refractivity contribution >= 4 is 32.8 Å². The van der Waals surface area contributed by atoms with Crippen LogP contribution < -0.4 is 24.5 Å². The number of ether oxygens (including phenoxy) is 4. The number of methoxy groups -OCH3 is 2. The van der Waals surface area contributed by atoms with Crippen molar-refractivity contribution < 1.29 is 18.9 Å². The lowest BCUT2D eigenvalue weighted by molar-refractivity contribution is 0.174. The summed E-state index contributed by atoms with van der Waals surface area (Å²) in [5.74, 6) is 2.11. The standard InChI is InChI=1S/C21H20N4O5/c1-10(2)8-25-19-11-5-14-15(30-9-29-14)7-13(11)23-24-18(19)17-12(21(25)26)6-16(27-3)20(22-17)28-4/h5-7,10H,8-9H2,1-4H3. The van der Waals surface area contributed by atoms with E-state index < -0.39 is 0 Å². The van der Waals surface area contributed by atoms with Crippen LogP contribution in [0.2, 0.25) is 0 Å². The highest BCUT2D eigenvalue weighted by Crippen LogP contribution is 2.38. The monoisotopic (exact) mass is 408 g/mol. The molecule has 0 bridgehead atoms. The van der Waals surface area contributed by atoms with Crippen molar-refractivity contribution in [3.63, 3.8) is 0 Å². The highest BCUT2D eigenvalue weighted by atomic mass is 16.7. The molecule has 1 aliphatic rings. The van der Waals surface area contributed by atoms with Gasteiger partial charge in [-0.15, -0.1) is 10.2 Å². The number of rotatable bonds is 4. The second-order valence-electron chi connectivity index (χ2n) is 7.53. The number of hydrogen-bond donors (Lipinski definition) is 0. The third-order valence-electron chi connectivity index (χ3n) is 5.11. The molecule has 0 atom stereocenters. The molecule has 0 spiro atoms. The molecule has 4 heterocycles. The lowest BCUT2D eigenvalue weighted by atomic mass is 10.1. The van der Waals surface area contributed by atoms with Gasteiger partial charge in [0.15, 0.2) is 17.2 Å². The molecule has 9 heteroatoms. The number of hydrogen-bond acceptors (Lipinski definition) is 8. The van der Waals surface area contributed by atoms with Crippen molar-refractivity contribution in [2.24, 2.45) is 5.92 Å². The summed E-state index contributed by atoms with van der Waals surface area (Å²) in [5.41, 5.74) is 2.02. The molecule has 0 N–H and O–H groups in total. The van der Waals surface area contributed by atoms with Gasteiger partial charge >= 0.3 is 0 Å². The maximum absolute atomic E-state index is 13.5. The minimum Gasteiger partial charge on any atom is -0.491 e. The summed E-state index contributed by atoms with van der Waals surface area (Å²) in [5, 5.41) is 9.96. The average molecular weight is 408 g/mol. The van der Waals surface area contributed by atoms with Crippen LogP contribution in [0.4, 0.5) is 0 Å². The zero-order valence-corrected chi connectivity index (χ0v) is 17.1. The third-order valence-corrected chi connectivity index (χ3v) is 5.11. The molecular formula is C21H20N4O5. The number of aromatic nitrogens is 4. The summed E-state index contributed by atoms with van der Waals surface area (Å²) in [6.45, 7) is 4.77. The van der Waals surface area contributed by atoms with Crippen molar-refractivity contribution in [1.82, 2.24) is 19.7 Å². The maximum atomic E-state index is 13.5. The molecule has 0 fully saturated rings. The molecule has 3 aromatic heterocycles. The van der Waals surface area contributed by atoms with Gasteiger partial charge < -0.3 is 23.5 Å². The second kappa shape index (κ2) is 6.72. The quantitative estimate of drug-likeness (QED) is 0.476. The van der Waals surface area contributed by atoms with Crippen LogP contribution in [0.1, 0.15) is 13.8 Å². The van der Waals surface area contributed by atoms with Crippen molar-refractivity contribution in [2.45, 2.75) is 20.4 Å². The molecule has 0 saturated carbocycles. The number of nitrogens with zero attached hydrogens (tertiary/aromatic N) is 4. The Kier molecular flexibility index (Phi) is 4.12. The maximum Gasteiger partial charge on any atom is 0.260 e. The van der Waals surface area contributed by atoms with E-state index in [-0.39, 0.29) is 24.2 Å². The van der Waals surface area contributed by atoms with E-state index in [4.69, 9.17) is 18.9 Å². The van der Waals surface area contributed by atoms with Crippen LogP contribution in [0, 0.1) is 5.92 Å². The first-order valence-corrected chi connectivity index (χ1v) is 9.57. The Morgan fingerprint density at radius 3 is 2.50 bits per heavy atom. The number of fused-ring (bicyclic) bond motifs is 6. The van der Waals surface area contributed by atoms with Crippen LogP contribution in [-0.2, 0) is 6.54 Å². The predicted octanol–water partition coefficient (Wildman–Crippen LogP) is 2.89. The summed E-state index contributed by atoms with van der Waals surface area (Å²) in [6, 6.07) is 5.27. The smallest absolute Gasteiger partial charge is 0.260 e. The highest BCUT2D eigenvalue weighted by Gasteiger charge is 2.22. The molecule has 0 radical (unpaired) electrons. The van der Waals surface area contributed by atoms with Gasteiger partial charge in [0.2, 0.25) is 6.79 Å². The highest BCUT2D eigenvalue weighted by molar-refractivity contribution is 6.11. The van der Waals surface area contributed by atoms with E-state index in [9.17, 15) is 4.79 Å². The topological polar surface area (TPSA) is 97.6 Å². The van der Waals surface area contributed by atoms with E-state index >= 15 is 0 Å². The Labute approximate surface area is 171 Å². The van der Waals surface area contributed by atoms with E-state index in [1.807, 2.05) is 6.07 Å². The van der Waals surface area contributed by atoms with Crippen molar-refractivity contribution in [1.29, 1.82) is 0 Å². The molecule has 1 aromatic carbocycles. The van der Waals surface area contributed by atoms with Crippen LogP contribution in [0.15, 0.2) is 23.0 Å². The van der Waals surface area contributed by atoms with E-state index in [2.05, 4.69) is 29.0 Å². The first-order chi connectivity index (χ1) is 14.5. The Balaban J connectivity index is 1.99. The van der Waals surface area contributed by atoms with Gasteiger partial charge in [0, 0.05) is 24.1 Å². The minimum absolute atomic E-state index is 0.150. The first kappa shape index (κ1) is 18.4. The Hall–Kier alpha value is -3.62. The molecule has 0 saturated heterocycles. The summed E-state index contributed by atoms with van der Waals surface area (Å²) >= 11 is 0. The molecule has 0 amide bonds. The van der Waals surface area contributed by atoms with Crippen LogP contribution in [-0.4, -0.2) is 40.8 Å². The Morgan fingerprint density at radius 1 is 1.03 bits per heavy atom. The summed E-state index contributed by atoms with van der Waals surface area (Å²) in [4.78, 5) is 18.1. The van der Waals surface area contributed by atoms with Crippen LogP contribution in [0.5, 0.6) is 23.1 Å². The minimum atomic E-state index is -0.174. The molecule has 5 rings (SSSR count). The molecule has 30 heavy (non-hydrogen) atoms. The largest absolute Gasteiger partial charge is 0.491 e. The predicted molar refractivity (Wildman–Crippen MR) is 111 cm³/mol. The SMILES string of the molecule is COc1cc2c(=O)n(CC(C)C)c3c4cc5c(cc4nnc3c2nc1OC)OCO5. The van der Waals surface area contributed by atoms with E-state index in [0.717, 1.165) is 5.39 Å². The first-order valence-electron chi connectivity index (χ1n) is 9.57. The van der Waals surface area contributed by atoms with E-state index in [1.54, 1.807) is 16.7 Å². The van der Waals surface area contributed by atoms with E-state index in [1.165, 1.54) is 14.2 Å². The second-order valence-corrected chi connectivity index (χ2v) is 7.53. The van der Waals surface area contributed by atoms with E-state index in [0.29, 0.717) is 51.2 Å². The molecule has 0 aliphatic carbocycles. The molecule has 4 aromatic rings. The van der Waals surface area contributed by atoms with Crippen molar-refractivity contribution in [3.8, 4) is 23.1 Å². The van der Waals surface area contributed by atoms with Crippen molar-refractivity contribution in [2.75, 3.05) is 21.0 Å². The van der Waals surface area contributed by atoms with Crippen LogP contribution in [0.3, 0.4) is 0 Å². The van der Waals surface area contributed by atoms with Gasteiger partial charge in [-0.2, -0.15) is 0 Å². The van der Waals surface area contributed by atoms with Gasteiger partial charge in [-0.3, -0.25) is 4.79 Å². The van der Waals surface area contributed by atoms with Gasteiger partial charge in [0.1, 0.15) is 11.0 Å². The molecule has 0 unspecified atom stereocenters. The van der Waals surface area contributed by atoms with Gasteiger partial charge in [0.25, 0.3) is 11.4 Å². The fourth-order valence-corrected chi connectivity index (χ4v) is 3.82. The lowest BCUT2D eigenvalue weighted by Crippen LogP contribution is -2.24. The zero-order valence-electron chi connectivity index (χ0n) is 17.1. The molecule has 154 valence electrons. The zero-order chi connectivity index (χ0) is 21.0. The van der Waals surface area contributed by atoms with Crippen LogP contribution in [0.25, 0.3) is 32.8 Å². The van der Waals surface area contributed by atoms with Gasteiger partial charge in [-0.25, -0.2) is 4.98 Å². The molecular weight excluding hydrogens is 388 g/mol. The summed E-state index contributed by atoms with van der Waals surface area (Å²) < 4.78 is 23.4. The molecule has 1 aliphatic heterocycles. The number of benzene rings is 1. The third kappa shape index (κ3) is 2.62. The van der Waals surface area contributed by atoms with Crippen molar-refractivity contribution in [3.05, 3.63) is 28.6 Å². The fourth-order valence-electron chi connectivity index (χ4n) is 3.82. The normalized spacial score (nSPS) is 13.0. The summed E-state index contributed by atoms with van der Waals surface area (Å²) in [6.07, 6.45) is 0. The van der Waals surface area contributed by atoms with Gasteiger partial charge in [-0.05, 0) is 12.0 Å². The van der Waals surface area contributed by atoms with Gasteiger partial charge in [0.05, 0.1) is 30.6 Å². The molecule has 9 nitrogen and oxygen atoms in total. The number of pyridine rings is 2. The van der Waals surface area contributed by atoms with Gasteiger partial charge in [-0.1, -0.05) is 13.8 Å². The Morgan fingerprint density at radius 2 is 1.80 bits per heavy atom. The fraction of sp³-hybridized carbons (Fsp3) is 0.333. The Bertz CT molecular complexity index is 1380. The summed E-state index contributed by atoms with van der Waals surface area (Å²) in [7, 11) is 3.01. The lowest BCUT2D eigenvalue weighted by Gasteiger charge is -2.16. The average Bonchev–Trinajstić information content (AvgIpc) is 3.20.